The number of phenols is 1. The summed E-state index contributed by atoms with van der Waals surface area (Å²) in [5.41, 5.74) is 10.2. The summed E-state index contributed by atoms with van der Waals surface area (Å²) in [4.78, 5) is 80.2. The first-order valence-corrected chi connectivity index (χ1v) is 12.9. The van der Waals surface area contributed by atoms with E-state index >= 15 is 0 Å². The van der Waals surface area contributed by atoms with Crippen LogP contribution in [0, 0.1) is 23.7 Å². The largest absolute Gasteiger partial charge is 0.507 e. The second-order valence-corrected chi connectivity index (χ2v) is 11.1. The van der Waals surface area contributed by atoms with E-state index < -0.39 is 76.1 Å². The number of primary amides is 1. The average molecular weight is 564 g/mol. The van der Waals surface area contributed by atoms with E-state index in [4.69, 9.17) is 16.2 Å². The van der Waals surface area contributed by atoms with Crippen molar-refractivity contribution in [3.05, 3.63) is 47.0 Å². The van der Waals surface area contributed by atoms with E-state index in [9.17, 15) is 39.0 Å². The third kappa shape index (κ3) is 3.97. The molecule has 0 radical (unpaired) electrons. The number of amides is 1. The molecule has 2 aromatic carbocycles. The molecule has 0 aliphatic heterocycles. The number of likely N-dealkylation sites (N-methyl/N-ethyl adjacent to an activating group) is 1. The summed E-state index contributed by atoms with van der Waals surface area (Å²) in [5, 5.41) is 22.4. The van der Waals surface area contributed by atoms with Gasteiger partial charge in [0, 0.05) is 11.6 Å². The van der Waals surface area contributed by atoms with Gasteiger partial charge in [0.1, 0.15) is 5.75 Å². The predicted molar refractivity (Wildman–Crippen MR) is 143 cm³/mol. The van der Waals surface area contributed by atoms with Crippen LogP contribution < -0.4 is 11.5 Å². The summed E-state index contributed by atoms with van der Waals surface area (Å²) in [6.45, 7) is 0. The van der Waals surface area contributed by atoms with Crippen molar-refractivity contribution in [2.75, 3.05) is 26.9 Å². The molecular formula is C29H29N3O9. The summed E-state index contributed by atoms with van der Waals surface area (Å²) in [6, 6.07) is 6.19. The number of aromatic hydroxyl groups is 1. The number of carbonyl (C=O) groups excluding carboxylic acids is 6. The number of hydrogen-bond acceptors (Lipinski definition) is 11. The van der Waals surface area contributed by atoms with Crippen LogP contribution in [0.3, 0.4) is 0 Å². The first-order chi connectivity index (χ1) is 19.2. The zero-order chi connectivity index (χ0) is 30.1. The SMILES string of the molecule is COC(=O)c1cc(N)cc(-c2ccc(O)c3c2C[C@H]2C[C@H]4C(N(C)C)C(=O)C(C(N)=O)C(=O)[C@@]4(O)C(=O)C2C3=O)c1. The quantitative estimate of drug-likeness (QED) is 0.219. The number of methoxy groups -OCH3 is 1. The van der Waals surface area contributed by atoms with Crippen molar-refractivity contribution in [1.82, 2.24) is 4.90 Å². The number of ketones is 4. The smallest absolute Gasteiger partial charge is 0.337 e. The van der Waals surface area contributed by atoms with Crippen LogP contribution >= 0.6 is 0 Å². The molecule has 3 unspecified atom stereocenters. The lowest BCUT2D eigenvalue weighted by Crippen LogP contribution is -2.74. The predicted octanol–water partition coefficient (Wildman–Crippen LogP) is -0.0972. The van der Waals surface area contributed by atoms with Gasteiger partial charge in [-0.1, -0.05) is 6.07 Å². The number of phenolic OH excluding ortho intramolecular Hbond substituents is 1. The minimum atomic E-state index is -2.80. The van der Waals surface area contributed by atoms with Gasteiger partial charge in [0.25, 0.3) is 0 Å². The van der Waals surface area contributed by atoms with Crippen molar-refractivity contribution in [3.63, 3.8) is 0 Å². The molecule has 1 amide bonds. The van der Waals surface area contributed by atoms with Crippen LogP contribution in [0.4, 0.5) is 5.69 Å². The van der Waals surface area contributed by atoms with Crippen LogP contribution in [0.15, 0.2) is 30.3 Å². The van der Waals surface area contributed by atoms with Gasteiger partial charge in [0.05, 0.1) is 30.2 Å². The Hall–Kier alpha value is -4.42. The molecule has 0 saturated heterocycles. The molecular weight excluding hydrogens is 534 g/mol. The standard InChI is InChI=1S/C29H29N3O9/c1-32(2)22-17-10-12-9-16-15(11-6-13(28(39)41-3)8-14(30)7-11)4-5-18(33)20(16)23(34)19(12)25(36)29(17,40)26(37)21(24(22)35)27(31)38/h4-8,12,17,19,21-22,33,40H,9-10,30H2,1-3H3,(H2,31,38)/t12-,17-,19?,21?,22?,29-/m0/s1. The molecule has 41 heavy (non-hydrogen) atoms. The zero-order valence-corrected chi connectivity index (χ0v) is 22.5. The third-order valence-corrected chi connectivity index (χ3v) is 8.63. The Morgan fingerprint density at radius 2 is 1.76 bits per heavy atom. The second kappa shape index (κ2) is 9.60. The molecule has 6 atom stereocenters. The number of ether oxygens (including phenoxy) is 1. The second-order valence-electron chi connectivity index (χ2n) is 11.1. The third-order valence-electron chi connectivity index (χ3n) is 8.63. The van der Waals surface area contributed by atoms with E-state index in [1.54, 1.807) is 12.1 Å². The van der Waals surface area contributed by atoms with Gasteiger partial charge in [-0.25, -0.2) is 4.79 Å². The molecule has 3 aliphatic rings. The summed E-state index contributed by atoms with van der Waals surface area (Å²) in [7, 11) is 4.26. The number of nitrogen functional groups attached to an aromatic ring is 1. The van der Waals surface area contributed by atoms with Crippen LogP contribution in [-0.2, 0) is 30.3 Å². The Morgan fingerprint density at radius 1 is 1.07 bits per heavy atom. The Labute approximate surface area is 234 Å². The first-order valence-electron chi connectivity index (χ1n) is 12.9. The van der Waals surface area contributed by atoms with E-state index in [-0.39, 0.29) is 29.7 Å². The van der Waals surface area contributed by atoms with Crippen LogP contribution in [0.1, 0.15) is 32.7 Å². The normalized spacial score (nSPS) is 29.0. The number of Topliss-reactive ketones (excluding diaryl/α,β-unsaturated/α-hetero) is 4. The zero-order valence-electron chi connectivity index (χ0n) is 22.5. The van der Waals surface area contributed by atoms with Gasteiger partial charge >= 0.3 is 5.97 Å². The number of fused-ring (bicyclic) bond motifs is 3. The van der Waals surface area contributed by atoms with Crippen molar-refractivity contribution in [3.8, 4) is 16.9 Å². The van der Waals surface area contributed by atoms with E-state index in [1.165, 1.54) is 44.3 Å². The molecule has 0 bridgehead atoms. The molecule has 6 N–H and O–H groups in total. The first kappa shape index (κ1) is 28.1. The van der Waals surface area contributed by atoms with Crippen molar-refractivity contribution in [2.24, 2.45) is 29.4 Å². The van der Waals surface area contributed by atoms with E-state index in [0.29, 0.717) is 16.7 Å². The van der Waals surface area contributed by atoms with Crippen molar-refractivity contribution in [1.29, 1.82) is 0 Å². The van der Waals surface area contributed by atoms with Crippen LogP contribution in [0.2, 0.25) is 0 Å². The fraction of sp³-hybridized carbons (Fsp3) is 0.379. The number of rotatable bonds is 4. The van der Waals surface area contributed by atoms with Crippen molar-refractivity contribution < 1.29 is 43.7 Å². The number of carbonyl (C=O) groups is 6. The van der Waals surface area contributed by atoms with Crippen LogP contribution in [0.5, 0.6) is 5.75 Å². The highest BCUT2D eigenvalue weighted by molar-refractivity contribution is 6.32. The molecule has 3 aliphatic carbocycles. The molecule has 0 spiro atoms. The number of nitrogens with two attached hydrogens (primary N) is 2. The highest BCUT2D eigenvalue weighted by Crippen LogP contribution is 2.51. The fourth-order valence-electron chi connectivity index (χ4n) is 6.92. The fourth-order valence-corrected chi connectivity index (χ4v) is 6.92. The molecule has 2 aromatic rings. The highest BCUT2D eigenvalue weighted by Gasteiger charge is 2.69. The molecule has 2 fully saturated rings. The topological polar surface area (TPSA) is 207 Å². The minimum absolute atomic E-state index is 0.0674. The molecule has 12 nitrogen and oxygen atoms in total. The van der Waals surface area contributed by atoms with Crippen LogP contribution in [0.25, 0.3) is 11.1 Å². The maximum Gasteiger partial charge on any atom is 0.337 e. The van der Waals surface area contributed by atoms with Gasteiger partial charge in [-0.2, -0.15) is 0 Å². The van der Waals surface area contributed by atoms with Gasteiger partial charge in [-0.15, -0.1) is 0 Å². The van der Waals surface area contributed by atoms with E-state index in [1.807, 2.05) is 0 Å². The van der Waals surface area contributed by atoms with Gasteiger partial charge in [0.2, 0.25) is 5.91 Å². The summed E-state index contributed by atoms with van der Waals surface area (Å²) >= 11 is 0. The Balaban J connectivity index is 1.66. The molecule has 5 rings (SSSR count). The van der Waals surface area contributed by atoms with Crippen LogP contribution in [-0.4, -0.2) is 83.0 Å². The maximum atomic E-state index is 13.9. The number of esters is 1. The Bertz CT molecular complexity index is 1560. The molecule has 0 heterocycles. The lowest BCUT2D eigenvalue weighted by Gasteiger charge is -2.52. The number of benzene rings is 2. The lowest BCUT2D eigenvalue weighted by atomic mass is 9.52. The van der Waals surface area contributed by atoms with E-state index in [2.05, 4.69) is 0 Å². The van der Waals surface area contributed by atoms with Gasteiger partial charge < -0.3 is 26.4 Å². The minimum Gasteiger partial charge on any atom is -0.507 e. The van der Waals surface area contributed by atoms with Gasteiger partial charge in [-0.3, -0.25) is 28.9 Å². The monoisotopic (exact) mass is 563 g/mol. The summed E-state index contributed by atoms with van der Waals surface area (Å²) in [6.07, 6.45) is -0.0126. The van der Waals surface area contributed by atoms with E-state index in [0.717, 1.165) is 0 Å². The average Bonchev–Trinajstić information content (AvgIpc) is 2.89. The molecule has 214 valence electrons. The number of nitrogens with zero attached hydrogens (tertiary/aromatic N) is 1. The van der Waals surface area contributed by atoms with Gasteiger partial charge in [0.15, 0.2) is 34.7 Å². The van der Waals surface area contributed by atoms with Gasteiger partial charge in [-0.05, 0) is 73.8 Å². The number of anilines is 1. The summed E-state index contributed by atoms with van der Waals surface area (Å²) < 4.78 is 4.80. The number of aliphatic hydroxyl groups is 1. The van der Waals surface area contributed by atoms with Crippen molar-refractivity contribution >= 4 is 40.7 Å². The lowest BCUT2D eigenvalue weighted by molar-refractivity contribution is -0.181. The Kier molecular flexibility index (Phi) is 6.58. The maximum absolute atomic E-state index is 13.9. The Morgan fingerprint density at radius 3 is 2.37 bits per heavy atom. The molecule has 12 heteroatoms. The van der Waals surface area contributed by atoms with Crippen molar-refractivity contribution in [2.45, 2.75) is 24.5 Å². The molecule has 0 aromatic heterocycles. The highest BCUT2D eigenvalue weighted by atomic mass is 16.5. The summed E-state index contributed by atoms with van der Waals surface area (Å²) in [5.74, 6) is -11.9. The molecule has 2 saturated carbocycles. The number of hydrogen-bond donors (Lipinski definition) is 4.